The minimum absolute atomic E-state index is 0.0282. The molecule has 2 aliphatic rings. The molecule has 0 unspecified atom stereocenters. The molecule has 0 spiro atoms. The van der Waals surface area contributed by atoms with Gasteiger partial charge in [-0.25, -0.2) is 9.97 Å². The smallest absolute Gasteiger partial charge is 0.227 e. The summed E-state index contributed by atoms with van der Waals surface area (Å²) >= 11 is 1.80. The van der Waals surface area contributed by atoms with E-state index in [9.17, 15) is 4.79 Å². The minimum Gasteiger partial charge on any atom is -0.356 e. The number of carbonyl (C=O) groups is 1. The summed E-state index contributed by atoms with van der Waals surface area (Å²) in [4.78, 5) is 31.2. The van der Waals surface area contributed by atoms with Gasteiger partial charge in [-0.1, -0.05) is 6.07 Å². The van der Waals surface area contributed by atoms with Crippen LogP contribution in [0.4, 0.5) is 5.82 Å². The van der Waals surface area contributed by atoms with Crippen LogP contribution in [0.3, 0.4) is 0 Å². The zero-order chi connectivity index (χ0) is 20.5. The van der Waals surface area contributed by atoms with Crippen LogP contribution in [0.2, 0.25) is 0 Å². The van der Waals surface area contributed by atoms with Gasteiger partial charge in [0.1, 0.15) is 16.5 Å². The maximum atomic E-state index is 12.5. The highest BCUT2D eigenvalue weighted by Crippen LogP contribution is 2.41. The molecule has 1 saturated carbocycles. The zero-order valence-corrected chi connectivity index (χ0v) is 18.2. The molecule has 6 nitrogen and oxygen atoms in total. The van der Waals surface area contributed by atoms with Crippen molar-refractivity contribution < 1.29 is 4.79 Å². The molecule has 0 saturated heterocycles. The molecule has 3 aromatic rings. The van der Waals surface area contributed by atoms with Crippen LogP contribution in [-0.4, -0.2) is 40.5 Å². The molecule has 5 rings (SSSR count). The van der Waals surface area contributed by atoms with Gasteiger partial charge in [0.05, 0.1) is 11.8 Å². The Balaban J connectivity index is 1.35. The van der Waals surface area contributed by atoms with E-state index in [2.05, 4.69) is 22.2 Å². The van der Waals surface area contributed by atoms with Crippen LogP contribution in [-0.2, 0) is 30.5 Å². The number of aromatic nitrogens is 3. The largest absolute Gasteiger partial charge is 0.356 e. The van der Waals surface area contributed by atoms with Gasteiger partial charge in [-0.05, 0) is 62.1 Å². The predicted octanol–water partition coefficient (Wildman–Crippen LogP) is 3.47. The van der Waals surface area contributed by atoms with E-state index in [1.807, 2.05) is 18.3 Å². The van der Waals surface area contributed by atoms with E-state index in [1.165, 1.54) is 41.5 Å². The second-order valence-corrected chi connectivity index (χ2v) is 9.42. The highest BCUT2D eigenvalue weighted by Gasteiger charge is 2.31. The lowest BCUT2D eigenvalue weighted by atomic mass is 9.97. The lowest BCUT2D eigenvalue weighted by Crippen LogP contribution is -2.28. The Morgan fingerprint density at radius 2 is 2.13 bits per heavy atom. The topological polar surface area (TPSA) is 71.0 Å². The molecule has 156 valence electrons. The fraction of sp³-hybridized carbons (Fsp3) is 0.478. The second kappa shape index (κ2) is 8.30. The van der Waals surface area contributed by atoms with Gasteiger partial charge < -0.3 is 10.2 Å². The van der Waals surface area contributed by atoms with Crippen molar-refractivity contribution in [1.29, 1.82) is 0 Å². The minimum atomic E-state index is -0.0282. The van der Waals surface area contributed by atoms with Gasteiger partial charge in [0.2, 0.25) is 5.91 Å². The van der Waals surface area contributed by atoms with Gasteiger partial charge in [-0.3, -0.25) is 9.78 Å². The van der Waals surface area contributed by atoms with E-state index in [-0.39, 0.29) is 12.3 Å². The number of pyridine rings is 1. The van der Waals surface area contributed by atoms with Crippen molar-refractivity contribution in [2.45, 2.75) is 57.4 Å². The van der Waals surface area contributed by atoms with Crippen molar-refractivity contribution in [1.82, 2.24) is 20.3 Å². The maximum Gasteiger partial charge on any atom is 0.227 e. The van der Waals surface area contributed by atoms with E-state index in [0.717, 1.165) is 35.5 Å². The van der Waals surface area contributed by atoms with Crippen LogP contribution in [0.1, 0.15) is 47.5 Å². The fourth-order valence-corrected chi connectivity index (χ4v) is 5.52. The Bertz CT molecular complexity index is 1060. The first kappa shape index (κ1) is 19.4. The summed E-state index contributed by atoms with van der Waals surface area (Å²) < 4.78 is 0. The Labute approximate surface area is 180 Å². The molecule has 1 fully saturated rings. The van der Waals surface area contributed by atoms with Crippen molar-refractivity contribution >= 4 is 33.3 Å². The standard InChI is InChI=1S/C23H27N5OS/c1-28(16-8-9-16)22-21-17-6-2-3-7-18(17)30-23(21)27-19(26-22)13-20(29)25-12-10-15-5-4-11-24-14-15/h4-5,11,14,16H,2-3,6-10,12-13H2,1H3,(H,25,29). The first-order chi connectivity index (χ1) is 14.7. The molecule has 0 aliphatic heterocycles. The molecule has 0 radical (unpaired) electrons. The average molecular weight is 422 g/mol. The van der Waals surface area contributed by atoms with Crippen molar-refractivity contribution in [3.63, 3.8) is 0 Å². The van der Waals surface area contributed by atoms with Crippen molar-refractivity contribution in [3.8, 4) is 0 Å². The fourth-order valence-electron chi connectivity index (χ4n) is 4.25. The van der Waals surface area contributed by atoms with Crippen LogP contribution in [0, 0.1) is 0 Å². The monoisotopic (exact) mass is 421 g/mol. The van der Waals surface area contributed by atoms with Gasteiger partial charge in [0.15, 0.2) is 0 Å². The Morgan fingerprint density at radius 3 is 2.93 bits per heavy atom. The third kappa shape index (κ3) is 4.03. The lowest BCUT2D eigenvalue weighted by molar-refractivity contribution is -0.120. The van der Waals surface area contributed by atoms with Gasteiger partial charge in [0.25, 0.3) is 0 Å². The van der Waals surface area contributed by atoms with Crippen LogP contribution in [0.25, 0.3) is 10.2 Å². The second-order valence-electron chi connectivity index (χ2n) is 8.33. The van der Waals surface area contributed by atoms with Crippen molar-refractivity contribution in [3.05, 3.63) is 46.4 Å². The molecule has 2 aliphatic carbocycles. The van der Waals surface area contributed by atoms with E-state index < -0.39 is 0 Å². The summed E-state index contributed by atoms with van der Waals surface area (Å²) in [6.07, 6.45) is 11.8. The third-order valence-corrected chi connectivity index (χ3v) is 7.23. The first-order valence-electron chi connectivity index (χ1n) is 10.9. The lowest BCUT2D eigenvalue weighted by Gasteiger charge is -2.20. The number of anilines is 1. The molecule has 7 heteroatoms. The van der Waals surface area contributed by atoms with Gasteiger partial charge in [-0.15, -0.1) is 11.3 Å². The Kier molecular flexibility index (Phi) is 5.37. The van der Waals surface area contributed by atoms with Crippen LogP contribution in [0.15, 0.2) is 24.5 Å². The Morgan fingerprint density at radius 1 is 1.27 bits per heavy atom. The number of hydrogen-bond acceptors (Lipinski definition) is 6. The Hall–Kier alpha value is -2.54. The van der Waals surface area contributed by atoms with Crippen LogP contribution < -0.4 is 10.2 Å². The zero-order valence-electron chi connectivity index (χ0n) is 17.4. The van der Waals surface area contributed by atoms with E-state index in [0.29, 0.717) is 18.4 Å². The number of nitrogens with one attached hydrogen (secondary N) is 1. The molecule has 1 N–H and O–H groups in total. The quantitative estimate of drug-likeness (QED) is 0.633. The van der Waals surface area contributed by atoms with Crippen molar-refractivity contribution in [2.75, 3.05) is 18.5 Å². The molecule has 3 aromatic heterocycles. The number of hydrogen-bond donors (Lipinski definition) is 1. The summed E-state index contributed by atoms with van der Waals surface area (Å²) in [7, 11) is 2.14. The summed E-state index contributed by atoms with van der Waals surface area (Å²) in [5.74, 6) is 1.63. The molecule has 3 heterocycles. The number of amides is 1. The molecular weight excluding hydrogens is 394 g/mol. The molecule has 0 aromatic carbocycles. The first-order valence-corrected chi connectivity index (χ1v) is 11.7. The normalized spacial score (nSPS) is 15.8. The van der Waals surface area contributed by atoms with Crippen molar-refractivity contribution in [2.24, 2.45) is 0 Å². The number of nitrogens with zero attached hydrogens (tertiary/aromatic N) is 4. The molecular formula is C23H27N5OS. The van der Waals surface area contributed by atoms with E-state index >= 15 is 0 Å². The van der Waals surface area contributed by atoms with E-state index in [1.54, 1.807) is 17.5 Å². The summed E-state index contributed by atoms with van der Waals surface area (Å²) in [6.45, 7) is 0.592. The van der Waals surface area contributed by atoms with Gasteiger partial charge in [-0.2, -0.15) is 0 Å². The number of carbonyl (C=O) groups excluding carboxylic acids is 1. The number of fused-ring (bicyclic) bond motifs is 3. The molecule has 30 heavy (non-hydrogen) atoms. The maximum absolute atomic E-state index is 12.5. The SMILES string of the molecule is CN(c1nc(CC(=O)NCCc2cccnc2)nc2sc3c(c12)CCCC3)C1CC1. The predicted molar refractivity (Wildman–Crippen MR) is 120 cm³/mol. The highest BCUT2D eigenvalue weighted by molar-refractivity contribution is 7.19. The molecule has 1 amide bonds. The number of thiophene rings is 1. The average Bonchev–Trinajstić information content (AvgIpc) is 3.54. The van der Waals surface area contributed by atoms with Crippen LogP contribution >= 0.6 is 11.3 Å². The third-order valence-electron chi connectivity index (χ3n) is 6.05. The van der Waals surface area contributed by atoms with E-state index in [4.69, 9.17) is 9.97 Å². The highest BCUT2D eigenvalue weighted by atomic mass is 32.1. The molecule has 0 atom stereocenters. The van der Waals surface area contributed by atoms with Gasteiger partial charge >= 0.3 is 0 Å². The summed E-state index contributed by atoms with van der Waals surface area (Å²) in [5, 5.41) is 4.24. The van der Waals surface area contributed by atoms with Gasteiger partial charge in [0, 0.05) is 36.9 Å². The molecule has 0 bridgehead atoms. The number of aryl methyl sites for hydroxylation is 2. The van der Waals surface area contributed by atoms with Crippen LogP contribution in [0.5, 0.6) is 0 Å². The summed E-state index contributed by atoms with van der Waals surface area (Å²) in [5.41, 5.74) is 2.57. The summed E-state index contributed by atoms with van der Waals surface area (Å²) in [6, 6.07) is 4.51. The number of rotatable bonds is 7.